The Morgan fingerprint density at radius 1 is 1.00 bits per heavy atom. The number of pyridine rings is 1. The summed E-state index contributed by atoms with van der Waals surface area (Å²) in [6.45, 7) is 0.359. The van der Waals surface area contributed by atoms with Gasteiger partial charge in [0.15, 0.2) is 9.84 Å². The first-order chi connectivity index (χ1) is 14.0. The van der Waals surface area contributed by atoms with Crippen molar-refractivity contribution in [2.75, 3.05) is 11.5 Å². The van der Waals surface area contributed by atoms with Crippen LogP contribution in [0.25, 0.3) is 0 Å². The molecule has 0 radical (unpaired) electrons. The second-order valence-electron chi connectivity index (χ2n) is 6.15. The van der Waals surface area contributed by atoms with Crippen LogP contribution < -0.4 is 5.32 Å². The summed E-state index contributed by atoms with van der Waals surface area (Å²) in [7, 11) is -3.37. The lowest BCUT2D eigenvalue weighted by Crippen LogP contribution is -2.23. The van der Waals surface area contributed by atoms with Gasteiger partial charge in [0.1, 0.15) is 5.03 Å². The minimum Gasteiger partial charge on any atom is -0.348 e. The normalized spacial score (nSPS) is 11.2. The van der Waals surface area contributed by atoms with Crippen molar-refractivity contribution in [1.29, 1.82) is 0 Å². The van der Waals surface area contributed by atoms with Crippen LogP contribution in [0.4, 0.5) is 0 Å². The molecule has 0 aliphatic heterocycles. The van der Waals surface area contributed by atoms with Crippen molar-refractivity contribution < 1.29 is 13.2 Å². The molecular weight excluding hydrogens is 428 g/mol. The lowest BCUT2D eigenvalue weighted by atomic mass is 10.2. The lowest BCUT2D eigenvalue weighted by Gasteiger charge is -2.10. The summed E-state index contributed by atoms with van der Waals surface area (Å²) in [5.74, 6) is -0.00282. The van der Waals surface area contributed by atoms with Crippen molar-refractivity contribution in [3.8, 4) is 0 Å². The van der Waals surface area contributed by atoms with Gasteiger partial charge in [-0.05, 0) is 42.0 Å². The molecule has 3 rings (SSSR count). The molecule has 0 atom stereocenters. The van der Waals surface area contributed by atoms with Crippen LogP contribution in [0.2, 0.25) is 5.02 Å². The number of hydrogen-bond acceptors (Lipinski definition) is 5. The molecule has 8 heteroatoms. The minimum absolute atomic E-state index is 0.0376. The van der Waals surface area contributed by atoms with E-state index >= 15 is 0 Å². The molecule has 3 aromatic rings. The second kappa shape index (κ2) is 9.91. The summed E-state index contributed by atoms with van der Waals surface area (Å²) in [6, 6.07) is 18.9. The predicted molar refractivity (Wildman–Crippen MR) is 116 cm³/mol. The molecule has 0 bridgehead atoms. The van der Waals surface area contributed by atoms with Gasteiger partial charge < -0.3 is 5.32 Å². The molecule has 0 aliphatic carbocycles. The van der Waals surface area contributed by atoms with Crippen LogP contribution in [0.5, 0.6) is 0 Å². The molecule has 0 unspecified atom stereocenters. The number of nitrogens with one attached hydrogen (secondary N) is 1. The van der Waals surface area contributed by atoms with E-state index in [1.807, 2.05) is 12.1 Å². The van der Waals surface area contributed by atoms with Gasteiger partial charge in [-0.15, -0.1) is 11.8 Å². The number of benzene rings is 2. The number of hydrogen-bond donors (Lipinski definition) is 1. The summed E-state index contributed by atoms with van der Waals surface area (Å²) in [5, 5.41) is 3.99. The summed E-state index contributed by atoms with van der Waals surface area (Å²) in [6.07, 6.45) is 1.59. The van der Waals surface area contributed by atoms with Crippen molar-refractivity contribution in [3.63, 3.8) is 0 Å². The topological polar surface area (TPSA) is 76.1 Å². The third kappa shape index (κ3) is 6.06. The maximum absolute atomic E-state index is 12.6. The van der Waals surface area contributed by atoms with Gasteiger partial charge in [0.05, 0.1) is 16.2 Å². The fourth-order valence-corrected chi connectivity index (χ4v) is 5.34. The number of nitrogens with zero attached hydrogens (tertiary/aromatic N) is 1. The molecule has 1 aromatic heterocycles. The fraction of sp³-hybridized carbons (Fsp3) is 0.143. The van der Waals surface area contributed by atoms with E-state index < -0.39 is 9.84 Å². The lowest BCUT2D eigenvalue weighted by molar-refractivity contribution is 0.0947. The van der Waals surface area contributed by atoms with Gasteiger partial charge in [0.2, 0.25) is 0 Å². The Kier molecular flexibility index (Phi) is 7.30. The van der Waals surface area contributed by atoms with Crippen LogP contribution in [0.1, 0.15) is 15.9 Å². The Labute approximate surface area is 179 Å². The van der Waals surface area contributed by atoms with Crippen LogP contribution in [0, 0.1) is 0 Å². The Morgan fingerprint density at radius 3 is 2.45 bits per heavy atom. The molecule has 1 amide bonds. The first kappa shape index (κ1) is 21.4. The third-order valence-corrected chi connectivity index (χ3v) is 7.32. The van der Waals surface area contributed by atoms with Crippen LogP contribution in [-0.2, 0) is 16.4 Å². The highest BCUT2D eigenvalue weighted by molar-refractivity contribution is 8.00. The maximum atomic E-state index is 12.6. The molecule has 0 fully saturated rings. The molecule has 5 nitrogen and oxygen atoms in total. The maximum Gasteiger partial charge on any atom is 0.254 e. The van der Waals surface area contributed by atoms with E-state index in [9.17, 15) is 13.2 Å². The first-order valence-corrected chi connectivity index (χ1v) is 11.9. The number of amides is 1. The Hall–Kier alpha value is -2.35. The highest BCUT2D eigenvalue weighted by Crippen LogP contribution is 2.22. The number of sulfone groups is 1. The predicted octanol–water partition coefficient (Wildman–Crippen LogP) is 4.23. The van der Waals surface area contributed by atoms with E-state index in [-0.39, 0.29) is 11.7 Å². The monoisotopic (exact) mass is 446 g/mol. The molecule has 150 valence electrons. The molecule has 1 heterocycles. The Morgan fingerprint density at radius 2 is 1.72 bits per heavy atom. The molecule has 0 aliphatic rings. The quantitative estimate of drug-likeness (QED) is 0.524. The van der Waals surface area contributed by atoms with Crippen molar-refractivity contribution >= 4 is 39.1 Å². The van der Waals surface area contributed by atoms with Gasteiger partial charge in [0, 0.05) is 23.5 Å². The number of rotatable bonds is 8. The number of halogens is 1. The van der Waals surface area contributed by atoms with Gasteiger partial charge in [-0.25, -0.2) is 13.4 Å². The molecule has 0 saturated carbocycles. The highest BCUT2D eigenvalue weighted by atomic mass is 35.5. The summed E-state index contributed by atoms with van der Waals surface area (Å²) in [4.78, 5) is 17.1. The summed E-state index contributed by atoms with van der Waals surface area (Å²) in [5.41, 5.74) is 1.35. The highest BCUT2D eigenvalue weighted by Gasteiger charge is 2.16. The molecule has 0 saturated heterocycles. The standard InChI is InChI=1S/C21H19ClN2O3S2/c22-17-10-8-16(9-11-17)15-24-20(25)19-7-4-12-23-21(19)28-13-14-29(26,27)18-5-2-1-3-6-18/h1-12H,13-15H2,(H,24,25). The molecule has 2 aromatic carbocycles. The van der Waals surface area contributed by atoms with Crippen molar-refractivity contribution in [2.45, 2.75) is 16.5 Å². The van der Waals surface area contributed by atoms with Gasteiger partial charge >= 0.3 is 0 Å². The summed E-state index contributed by atoms with van der Waals surface area (Å²) >= 11 is 7.12. The molecular formula is C21H19ClN2O3S2. The number of carbonyl (C=O) groups is 1. The summed E-state index contributed by atoms with van der Waals surface area (Å²) < 4.78 is 24.8. The Bertz CT molecular complexity index is 1070. The van der Waals surface area contributed by atoms with E-state index in [1.165, 1.54) is 11.8 Å². The average molecular weight is 447 g/mol. The van der Waals surface area contributed by atoms with Crippen molar-refractivity contribution in [3.05, 3.63) is 89.1 Å². The van der Waals surface area contributed by atoms with Gasteiger partial charge in [-0.1, -0.05) is 41.9 Å². The number of thioether (sulfide) groups is 1. The van der Waals surface area contributed by atoms with E-state index in [4.69, 9.17) is 11.6 Å². The molecule has 29 heavy (non-hydrogen) atoms. The average Bonchev–Trinajstić information content (AvgIpc) is 2.74. The minimum atomic E-state index is -3.37. The van der Waals surface area contributed by atoms with Crippen LogP contribution >= 0.6 is 23.4 Å². The largest absolute Gasteiger partial charge is 0.348 e. The zero-order valence-corrected chi connectivity index (χ0v) is 17.8. The third-order valence-electron chi connectivity index (χ3n) is 4.08. The molecule has 1 N–H and O–H groups in total. The zero-order valence-electron chi connectivity index (χ0n) is 15.4. The fourth-order valence-electron chi connectivity index (χ4n) is 2.55. The number of carbonyl (C=O) groups excluding carboxylic acids is 1. The smallest absolute Gasteiger partial charge is 0.254 e. The Balaban J connectivity index is 1.61. The van der Waals surface area contributed by atoms with Crippen molar-refractivity contribution in [2.24, 2.45) is 0 Å². The van der Waals surface area contributed by atoms with Crippen molar-refractivity contribution in [1.82, 2.24) is 10.3 Å². The van der Waals surface area contributed by atoms with Crippen LogP contribution in [-0.4, -0.2) is 30.8 Å². The van der Waals surface area contributed by atoms with Gasteiger partial charge in [0.25, 0.3) is 5.91 Å². The second-order valence-corrected chi connectivity index (χ2v) is 9.77. The van der Waals surface area contributed by atoms with Gasteiger partial charge in [-0.2, -0.15) is 0 Å². The SMILES string of the molecule is O=C(NCc1ccc(Cl)cc1)c1cccnc1SCCS(=O)(=O)c1ccccc1. The first-order valence-electron chi connectivity index (χ1n) is 8.84. The van der Waals surface area contributed by atoms with E-state index in [2.05, 4.69) is 10.3 Å². The van der Waals surface area contributed by atoms with Crippen LogP contribution in [0.3, 0.4) is 0 Å². The van der Waals surface area contributed by atoms with E-state index in [0.29, 0.717) is 32.8 Å². The van der Waals surface area contributed by atoms with Crippen LogP contribution in [0.15, 0.2) is 82.8 Å². The zero-order chi connectivity index (χ0) is 20.7. The van der Waals surface area contributed by atoms with E-state index in [1.54, 1.807) is 60.8 Å². The van der Waals surface area contributed by atoms with E-state index in [0.717, 1.165) is 5.56 Å². The molecule has 0 spiro atoms. The van der Waals surface area contributed by atoms with Gasteiger partial charge in [-0.3, -0.25) is 4.79 Å². The number of aromatic nitrogens is 1.